The summed E-state index contributed by atoms with van der Waals surface area (Å²) in [7, 11) is 0. The van der Waals surface area contributed by atoms with E-state index in [9.17, 15) is 9.18 Å². The van der Waals surface area contributed by atoms with E-state index >= 15 is 0 Å². The smallest absolute Gasteiger partial charge is 0.257 e. The van der Waals surface area contributed by atoms with Gasteiger partial charge in [0, 0.05) is 39.4 Å². The second-order valence-corrected chi connectivity index (χ2v) is 7.41. The van der Waals surface area contributed by atoms with E-state index in [4.69, 9.17) is 0 Å². The van der Waals surface area contributed by atoms with E-state index in [0.29, 0.717) is 27.8 Å². The summed E-state index contributed by atoms with van der Waals surface area (Å²) in [4.78, 5) is 17.4. The molecule has 0 aliphatic rings. The van der Waals surface area contributed by atoms with E-state index in [0.717, 1.165) is 22.8 Å². The van der Waals surface area contributed by atoms with E-state index in [-0.39, 0.29) is 11.7 Å². The zero-order valence-electron chi connectivity index (χ0n) is 16.7. The Labute approximate surface area is 173 Å². The number of para-hydroxylation sites is 1. The lowest BCUT2D eigenvalue weighted by Crippen LogP contribution is -2.14. The van der Waals surface area contributed by atoms with E-state index in [1.165, 1.54) is 17.6 Å². The third kappa shape index (κ3) is 2.90. The van der Waals surface area contributed by atoms with Crippen molar-refractivity contribution in [2.24, 2.45) is 0 Å². The molecule has 148 valence electrons. The maximum atomic E-state index is 13.6. The normalized spacial score (nSPS) is 11.4. The van der Waals surface area contributed by atoms with Crippen LogP contribution in [-0.4, -0.2) is 15.5 Å². The number of hydrogen-bond acceptors (Lipinski definition) is 2. The molecule has 4 nitrogen and oxygen atoms in total. The van der Waals surface area contributed by atoms with Gasteiger partial charge in [0.1, 0.15) is 5.82 Å². The molecule has 0 fully saturated rings. The van der Waals surface area contributed by atoms with Crippen LogP contribution in [0.15, 0.2) is 66.7 Å². The van der Waals surface area contributed by atoms with Gasteiger partial charge in [-0.05, 0) is 62.4 Å². The van der Waals surface area contributed by atoms with Crippen LogP contribution >= 0.6 is 0 Å². The molecule has 0 saturated heterocycles. The average Bonchev–Trinajstić information content (AvgIpc) is 3.06. The van der Waals surface area contributed by atoms with Crippen molar-refractivity contribution in [1.29, 1.82) is 0 Å². The van der Waals surface area contributed by atoms with E-state index < -0.39 is 0 Å². The Morgan fingerprint density at radius 3 is 2.63 bits per heavy atom. The fraction of sp³-hybridized carbons (Fsp3) is 0.120. The number of nitrogens with zero attached hydrogens (tertiary/aromatic N) is 2. The largest absolute Gasteiger partial charge is 0.341 e. The number of pyridine rings is 1. The van der Waals surface area contributed by atoms with Crippen molar-refractivity contribution in [3.05, 3.63) is 83.8 Å². The summed E-state index contributed by atoms with van der Waals surface area (Å²) in [5, 5.41) is 5.84. The highest BCUT2D eigenvalue weighted by molar-refractivity contribution is 6.11. The summed E-state index contributed by atoms with van der Waals surface area (Å²) < 4.78 is 15.9. The van der Waals surface area contributed by atoms with Gasteiger partial charge in [-0.25, -0.2) is 4.39 Å². The number of benzene rings is 3. The van der Waals surface area contributed by atoms with Gasteiger partial charge in [0.05, 0.1) is 16.8 Å². The van der Waals surface area contributed by atoms with Crippen LogP contribution < -0.4 is 5.32 Å². The molecular weight excluding hydrogens is 377 g/mol. The van der Waals surface area contributed by atoms with Crippen LogP contribution in [0.2, 0.25) is 0 Å². The lowest BCUT2D eigenvalue weighted by atomic mass is 10.1. The fourth-order valence-corrected chi connectivity index (χ4v) is 4.14. The first kappa shape index (κ1) is 18.3. The van der Waals surface area contributed by atoms with Crippen molar-refractivity contribution in [1.82, 2.24) is 9.55 Å². The maximum Gasteiger partial charge on any atom is 0.257 e. The van der Waals surface area contributed by atoms with Crippen molar-refractivity contribution in [3.63, 3.8) is 0 Å². The zero-order valence-corrected chi connectivity index (χ0v) is 16.7. The molecule has 0 aliphatic heterocycles. The Hall–Kier alpha value is -3.73. The third-order valence-corrected chi connectivity index (χ3v) is 5.56. The molecule has 0 spiro atoms. The Balaban J connectivity index is 1.56. The standard InChI is InChI=1S/C25H20FN3O/c1-3-29-23-7-5-4-6-19(23)21-14-18(9-11-24(21)29)28-25(30)20-13-16-12-17(26)8-10-22(16)27-15(20)2/h4-14H,3H2,1-2H3,(H,28,30). The molecule has 0 radical (unpaired) electrons. The number of anilines is 1. The van der Waals surface area contributed by atoms with Crippen molar-refractivity contribution in [2.75, 3.05) is 5.32 Å². The van der Waals surface area contributed by atoms with E-state index in [2.05, 4.69) is 33.9 Å². The van der Waals surface area contributed by atoms with E-state index in [1.54, 1.807) is 19.1 Å². The van der Waals surface area contributed by atoms with Gasteiger partial charge in [-0.15, -0.1) is 0 Å². The average molecular weight is 397 g/mol. The third-order valence-electron chi connectivity index (χ3n) is 5.56. The number of hydrogen-bond donors (Lipinski definition) is 1. The Morgan fingerprint density at radius 1 is 1.00 bits per heavy atom. The minimum absolute atomic E-state index is 0.259. The predicted molar refractivity (Wildman–Crippen MR) is 120 cm³/mol. The number of nitrogens with one attached hydrogen (secondary N) is 1. The molecule has 0 aliphatic carbocycles. The summed E-state index contributed by atoms with van der Waals surface area (Å²) in [5.41, 5.74) is 4.73. The molecule has 2 aromatic heterocycles. The summed E-state index contributed by atoms with van der Waals surface area (Å²) in [5.74, 6) is -0.609. The number of halogens is 1. The van der Waals surface area contributed by atoms with Crippen LogP contribution in [0.5, 0.6) is 0 Å². The van der Waals surface area contributed by atoms with Gasteiger partial charge in [0.15, 0.2) is 0 Å². The second kappa shape index (κ2) is 6.95. The van der Waals surface area contributed by atoms with Crippen LogP contribution in [0.3, 0.4) is 0 Å². The monoisotopic (exact) mass is 397 g/mol. The van der Waals surface area contributed by atoms with Gasteiger partial charge in [-0.2, -0.15) is 0 Å². The minimum atomic E-state index is -0.350. The number of amides is 1. The molecule has 5 rings (SSSR count). The molecule has 30 heavy (non-hydrogen) atoms. The van der Waals surface area contributed by atoms with Crippen LogP contribution in [0, 0.1) is 12.7 Å². The van der Waals surface area contributed by atoms with Gasteiger partial charge in [-0.3, -0.25) is 9.78 Å². The molecule has 1 N–H and O–H groups in total. The Kier molecular flexibility index (Phi) is 4.24. The van der Waals surface area contributed by atoms with Gasteiger partial charge in [-0.1, -0.05) is 18.2 Å². The second-order valence-electron chi connectivity index (χ2n) is 7.41. The molecule has 5 aromatic rings. The summed E-state index contributed by atoms with van der Waals surface area (Å²) in [6, 6.07) is 20.3. The summed E-state index contributed by atoms with van der Waals surface area (Å²) in [6.07, 6.45) is 0. The lowest BCUT2D eigenvalue weighted by Gasteiger charge is -2.10. The molecule has 2 heterocycles. The fourth-order valence-electron chi connectivity index (χ4n) is 4.14. The molecule has 3 aromatic carbocycles. The molecule has 1 amide bonds. The molecule has 0 atom stereocenters. The van der Waals surface area contributed by atoms with E-state index in [1.807, 2.05) is 30.3 Å². The Bertz CT molecular complexity index is 1450. The first-order chi connectivity index (χ1) is 14.5. The van der Waals surface area contributed by atoms with Crippen LogP contribution in [0.1, 0.15) is 23.0 Å². The molecule has 5 heteroatoms. The van der Waals surface area contributed by atoms with Crippen molar-refractivity contribution < 1.29 is 9.18 Å². The Morgan fingerprint density at radius 2 is 1.80 bits per heavy atom. The number of carbonyl (C=O) groups excluding carboxylic acids is 1. The summed E-state index contributed by atoms with van der Waals surface area (Å²) >= 11 is 0. The van der Waals surface area contributed by atoms with Crippen LogP contribution in [0.25, 0.3) is 32.7 Å². The number of carbonyl (C=O) groups is 1. The molecule has 0 bridgehead atoms. The van der Waals surface area contributed by atoms with Gasteiger partial charge < -0.3 is 9.88 Å². The maximum absolute atomic E-state index is 13.6. The highest BCUT2D eigenvalue weighted by Gasteiger charge is 2.14. The number of fused-ring (bicyclic) bond motifs is 4. The summed E-state index contributed by atoms with van der Waals surface area (Å²) in [6.45, 7) is 4.78. The highest BCUT2D eigenvalue weighted by atomic mass is 19.1. The quantitative estimate of drug-likeness (QED) is 0.402. The zero-order chi connectivity index (χ0) is 20.8. The van der Waals surface area contributed by atoms with Crippen LogP contribution in [0.4, 0.5) is 10.1 Å². The van der Waals surface area contributed by atoms with Gasteiger partial charge in [0.2, 0.25) is 0 Å². The molecule has 0 unspecified atom stereocenters. The minimum Gasteiger partial charge on any atom is -0.341 e. The first-order valence-corrected chi connectivity index (χ1v) is 9.94. The van der Waals surface area contributed by atoms with Crippen molar-refractivity contribution in [2.45, 2.75) is 20.4 Å². The van der Waals surface area contributed by atoms with Gasteiger partial charge >= 0.3 is 0 Å². The number of aryl methyl sites for hydroxylation is 2. The number of rotatable bonds is 3. The van der Waals surface area contributed by atoms with Crippen molar-refractivity contribution >= 4 is 44.3 Å². The topological polar surface area (TPSA) is 46.9 Å². The highest BCUT2D eigenvalue weighted by Crippen LogP contribution is 2.31. The van der Waals surface area contributed by atoms with Crippen molar-refractivity contribution in [3.8, 4) is 0 Å². The first-order valence-electron chi connectivity index (χ1n) is 9.94. The number of aromatic nitrogens is 2. The lowest BCUT2D eigenvalue weighted by molar-refractivity contribution is 0.102. The SMILES string of the molecule is CCn1c2ccccc2c2cc(NC(=O)c3cc4cc(F)ccc4nc3C)ccc21. The molecule has 0 saturated carbocycles. The molecular formula is C25H20FN3O. The predicted octanol–water partition coefficient (Wildman–Crippen LogP) is 6.06. The van der Waals surface area contributed by atoms with Crippen LogP contribution in [-0.2, 0) is 6.54 Å². The van der Waals surface area contributed by atoms with Gasteiger partial charge in [0.25, 0.3) is 5.91 Å².